The number of tetrazole rings is 1. The summed E-state index contributed by atoms with van der Waals surface area (Å²) in [6.45, 7) is 9.09. The predicted molar refractivity (Wildman–Crippen MR) is 136 cm³/mol. The fourth-order valence-corrected chi connectivity index (χ4v) is 3.88. The van der Waals surface area contributed by atoms with Crippen molar-refractivity contribution in [3.05, 3.63) is 83.6 Å². The molecule has 10 heteroatoms. The van der Waals surface area contributed by atoms with E-state index in [1.54, 1.807) is 12.1 Å². The molecule has 0 aliphatic heterocycles. The van der Waals surface area contributed by atoms with E-state index in [0.717, 1.165) is 15.9 Å². The third-order valence-electron chi connectivity index (χ3n) is 5.54. The van der Waals surface area contributed by atoms with Gasteiger partial charge in [0.2, 0.25) is 5.82 Å². The van der Waals surface area contributed by atoms with E-state index < -0.39 is 23.4 Å². The van der Waals surface area contributed by atoms with Gasteiger partial charge in [-0.15, -0.1) is 10.2 Å². The second-order valence-corrected chi connectivity index (χ2v) is 9.86. The number of benzene rings is 2. The van der Waals surface area contributed by atoms with Gasteiger partial charge in [0.05, 0.1) is 6.26 Å². The lowest BCUT2D eigenvalue weighted by atomic mass is 10.0. The molecule has 2 aromatic heterocycles. The number of anilines is 1. The third-order valence-corrected chi connectivity index (χ3v) is 5.54. The van der Waals surface area contributed by atoms with Crippen molar-refractivity contribution in [3.8, 4) is 11.4 Å². The zero-order chi connectivity index (χ0) is 26.7. The molecule has 4 aromatic rings. The molecule has 0 fully saturated rings. The van der Waals surface area contributed by atoms with Crippen LogP contribution < -0.4 is 10.2 Å². The third kappa shape index (κ3) is 6.08. The highest BCUT2D eigenvalue weighted by Gasteiger charge is 2.37. The van der Waals surface area contributed by atoms with Gasteiger partial charge in [0, 0.05) is 16.8 Å². The Morgan fingerprint density at radius 3 is 2.49 bits per heavy atom. The van der Waals surface area contributed by atoms with Crippen LogP contribution in [-0.2, 0) is 16.1 Å². The number of furan rings is 1. The molecule has 2 heterocycles. The number of carbonyl (C=O) groups excluding carboxylic acids is 2. The maximum Gasteiger partial charge on any atom is 0.251 e. The van der Waals surface area contributed by atoms with Crippen LogP contribution in [0.2, 0.25) is 0 Å². The van der Waals surface area contributed by atoms with E-state index in [9.17, 15) is 14.0 Å². The van der Waals surface area contributed by atoms with Crippen LogP contribution in [0.5, 0.6) is 0 Å². The molecule has 0 bridgehead atoms. The minimum absolute atomic E-state index is 0.249. The molecule has 0 saturated carbocycles. The zero-order valence-corrected chi connectivity index (χ0v) is 21.4. The van der Waals surface area contributed by atoms with E-state index in [2.05, 4.69) is 20.7 Å². The van der Waals surface area contributed by atoms with Crippen molar-refractivity contribution >= 4 is 17.5 Å². The SMILES string of the molecule is Cc1ccc(C)c(N(C(=O)Cn2nnc(-c3ccc(F)cc3)n2)[C@@H](C(=O)NC(C)(C)C)c2ccco2)c1. The van der Waals surface area contributed by atoms with Crippen molar-refractivity contribution in [3.63, 3.8) is 0 Å². The van der Waals surface area contributed by atoms with E-state index in [1.807, 2.05) is 52.8 Å². The lowest BCUT2D eigenvalue weighted by molar-refractivity contribution is -0.128. The first-order valence-electron chi connectivity index (χ1n) is 11.8. The summed E-state index contributed by atoms with van der Waals surface area (Å²) < 4.78 is 18.9. The van der Waals surface area contributed by atoms with Crippen LogP contribution in [0.3, 0.4) is 0 Å². The number of nitrogens with zero attached hydrogens (tertiary/aromatic N) is 5. The summed E-state index contributed by atoms with van der Waals surface area (Å²) in [7, 11) is 0. The van der Waals surface area contributed by atoms with Crippen molar-refractivity contribution in [2.45, 2.75) is 52.7 Å². The molecule has 1 N–H and O–H groups in total. The molecular weight excluding hydrogens is 475 g/mol. The lowest BCUT2D eigenvalue weighted by Crippen LogP contribution is -2.50. The standard InChI is InChI=1S/C27H29FN6O3/c1-17-8-9-18(2)21(15-17)34(24(22-7-6-14-37-22)26(36)29-27(3,4)5)23(35)16-33-31-25(30-32-33)19-10-12-20(28)13-11-19/h6-15,24H,16H2,1-5H3,(H,29,36)/t24-/m1/s1. The molecule has 0 radical (unpaired) electrons. The van der Waals surface area contributed by atoms with Crippen LogP contribution in [0.1, 0.15) is 43.7 Å². The molecule has 0 unspecified atom stereocenters. The summed E-state index contributed by atoms with van der Waals surface area (Å²) in [4.78, 5) is 30.1. The summed E-state index contributed by atoms with van der Waals surface area (Å²) in [5.41, 5.74) is 2.30. The van der Waals surface area contributed by atoms with Crippen LogP contribution in [0.25, 0.3) is 11.4 Å². The first-order chi connectivity index (χ1) is 17.5. The summed E-state index contributed by atoms with van der Waals surface area (Å²) in [6.07, 6.45) is 1.46. The van der Waals surface area contributed by atoms with E-state index in [-0.39, 0.29) is 18.2 Å². The highest BCUT2D eigenvalue weighted by molar-refractivity contribution is 6.01. The number of halogens is 1. The Morgan fingerprint density at radius 2 is 1.84 bits per heavy atom. The molecule has 1 atom stereocenters. The fraction of sp³-hybridized carbons (Fsp3) is 0.296. The van der Waals surface area contributed by atoms with Crippen LogP contribution in [0.15, 0.2) is 65.3 Å². The Hall–Kier alpha value is -4.34. The lowest BCUT2D eigenvalue weighted by Gasteiger charge is -2.33. The van der Waals surface area contributed by atoms with Gasteiger partial charge < -0.3 is 9.73 Å². The molecule has 2 amide bonds. The number of carbonyl (C=O) groups is 2. The average Bonchev–Trinajstić information content (AvgIpc) is 3.51. The van der Waals surface area contributed by atoms with Crippen molar-refractivity contribution in [1.29, 1.82) is 0 Å². The largest absolute Gasteiger partial charge is 0.467 e. The number of amides is 2. The maximum atomic E-state index is 13.9. The van der Waals surface area contributed by atoms with Crippen LogP contribution in [0.4, 0.5) is 10.1 Å². The quantitative estimate of drug-likeness (QED) is 0.400. The number of hydrogen-bond acceptors (Lipinski definition) is 6. The first-order valence-corrected chi connectivity index (χ1v) is 11.8. The summed E-state index contributed by atoms with van der Waals surface area (Å²) in [6, 6.07) is 13.6. The van der Waals surface area contributed by atoms with Crippen molar-refractivity contribution in [1.82, 2.24) is 25.5 Å². The van der Waals surface area contributed by atoms with E-state index in [0.29, 0.717) is 17.0 Å². The normalized spacial score (nSPS) is 12.3. The van der Waals surface area contributed by atoms with E-state index in [4.69, 9.17) is 4.42 Å². The van der Waals surface area contributed by atoms with Crippen LogP contribution in [-0.4, -0.2) is 37.6 Å². The zero-order valence-electron chi connectivity index (χ0n) is 21.4. The average molecular weight is 505 g/mol. The van der Waals surface area contributed by atoms with Gasteiger partial charge in [-0.1, -0.05) is 12.1 Å². The van der Waals surface area contributed by atoms with Gasteiger partial charge in [-0.3, -0.25) is 14.5 Å². The van der Waals surface area contributed by atoms with E-state index in [1.165, 1.54) is 35.4 Å². The molecule has 9 nitrogen and oxygen atoms in total. The number of rotatable bonds is 7. The first kappa shape index (κ1) is 25.7. The van der Waals surface area contributed by atoms with Gasteiger partial charge in [-0.2, -0.15) is 4.80 Å². The predicted octanol–water partition coefficient (Wildman–Crippen LogP) is 4.38. The van der Waals surface area contributed by atoms with Gasteiger partial charge in [-0.05, 0) is 93.4 Å². The second-order valence-electron chi connectivity index (χ2n) is 9.86. The Morgan fingerprint density at radius 1 is 1.11 bits per heavy atom. The Bertz CT molecular complexity index is 1390. The second kappa shape index (κ2) is 10.3. The van der Waals surface area contributed by atoms with Gasteiger partial charge in [0.25, 0.3) is 11.8 Å². The van der Waals surface area contributed by atoms with Crippen LogP contribution in [0, 0.1) is 19.7 Å². The topological polar surface area (TPSA) is 106 Å². The number of aryl methyl sites for hydroxylation is 2. The monoisotopic (exact) mass is 504 g/mol. The minimum Gasteiger partial charge on any atom is -0.467 e. The van der Waals surface area contributed by atoms with E-state index >= 15 is 0 Å². The smallest absolute Gasteiger partial charge is 0.251 e. The molecule has 37 heavy (non-hydrogen) atoms. The molecule has 2 aromatic carbocycles. The molecule has 0 saturated heterocycles. The van der Waals surface area contributed by atoms with Crippen molar-refractivity contribution < 1.29 is 18.4 Å². The van der Waals surface area contributed by atoms with Crippen molar-refractivity contribution in [2.75, 3.05) is 4.90 Å². The molecule has 4 rings (SSSR count). The highest BCUT2D eigenvalue weighted by Crippen LogP contribution is 2.32. The summed E-state index contributed by atoms with van der Waals surface area (Å²) in [5.74, 6) is -0.654. The number of hydrogen-bond donors (Lipinski definition) is 1. The fourth-order valence-electron chi connectivity index (χ4n) is 3.88. The maximum absolute atomic E-state index is 13.9. The number of nitrogens with one attached hydrogen (secondary N) is 1. The Labute approximate surface area is 214 Å². The summed E-state index contributed by atoms with van der Waals surface area (Å²) >= 11 is 0. The minimum atomic E-state index is -1.08. The van der Waals surface area contributed by atoms with Gasteiger partial charge in [0.1, 0.15) is 18.1 Å². The Balaban J connectivity index is 1.74. The van der Waals surface area contributed by atoms with Gasteiger partial charge >= 0.3 is 0 Å². The van der Waals surface area contributed by atoms with Gasteiger partial charge in [-0.25, -0.2) is 4.39 Å². The van der Waals surface area contributed by atoms with Gasteiger partial charge in [0.15, 0.2) is 6.04 Å². The Kier molecular flexibility index (Phi) is 7.19. The van der Waals surface area contributed by atoms with Crippen molar-refractivity contribution in [2.24, 2.45) is 0 Å². The number of aromatic nitrogens is 4. The molecule has 0 spiro atoms. The molecule has 0 aliphatic carbocycles. The summed E-state index contributed by atoms with van der Waals surface area (Å²) in [5, 5.41) is 15.3. The van der Waals surface area contributed by atoms with Crippen LogP contribution >= 0.6 is 0 Å². The molecular formula is C27H29FN6O3. The highest BCUT2D eigenvalue weighted by atomic mass is 19.1. The molecule has 0 aliphatic rings. The molecule has 192 valence electrons.